The lowest BCUT2D eigenvalue weighted by Gasteiger charge is -2.07. The highest BCUT2D eigenvalue weighted by Gasteiger charge is 2.13. The Balaban J connectivity index is 2.14. The molecule has 0 aliphatic heterocycles. The fourth-order valence-corrected chi connectivity index (χ4v) is 3.25. The van der Waals surface area contributed by atoms with Crippen molar-refractivity contribution in [3.05, 3.63) is 52.2 Å². The average Bonchev–Trinajstić information content (AvgIpc) is 2.90. The molecule has 0 aliphatic carbocycles. The van der Waals surface area contributed by atoms with Gasteiger partial charge in [-0.25, -0.2) is 13.1 Å². The molecule has 0 amide bonds. The van der Waals surface area contributed by atoms with E-state index in [1.807, 2.05) is 16.8 Å². The zero-order valence-electron chi connectivity index (χ0n) is 9.67. The average molecular weight is 282 g/mol. The van der Waals surface area contributed by atoms with Crippen molar-refractivity contribution < 1.29 is 8.42 Å². The molecule has 2 rings (SSSR count). The van der Waals surface area contributed by atoms with Gasteiger partial charge in [-0.1, -0.05) is 12.1 Å². The zero-order valence-corrected chi connectivity index (χ0v) is 11.3. The van der Waals surface area contributed by atoms with E-state index in [1.54, 1.807) is 35.6 Å². The molecule has 4 nitrogen and oxygen atoms in total. The van der Waals surface area contributed by atoms with Crippen LogP contribution in [0.1, 0.15) is 11.1 Å². The van der Waals surface area contributed by atoms with Gasteiger partial charge in [-0.15, -0.1) is 0 Å². The van der Waals surface area contributed by atoms with Crippen LogP contribution < -0.4 is 10.5 Å². The Labute approximate surface area is 111 Å². The topological polar surface area (TPSA) is 72.2 Å². The van der Waals surface area contributed by atoms with Gasteiger partial charge >= 0.3 is 0 Å². The van der Waals surface area contributed by atoms with Gasteiger partial charge < -0.3 is 5.73 Å². The number of nitrogens with one attached hydrogen (secondary N) is 1. The van der Waals surface area contributed by atoms with Crippen molar-refractivity contribution in [2.45, 2.75) is 18.0 Å². The summed E-state index contributed by atoms with van der Waals surface area (Å²) in [6, 6.07) is 8.55. The molecule has 1 aromatic carbocycles. The standard InChI is InChI=1S/C12H14N2O2S2/c13-7-10-2-1-3-12(6-10)18(15,16)14-8-11-4-5-17-9-11/h1-6,9,14H,7-8,13H2. The second-order valence-corrected chi connectivity index (χ2v) is 6.35. The fourth-order valence-electron chi connectivity index (χ4n) is 1.49. The Morgan fingerprint density at radius 1 is 1.22 bits per heavy atom. The van der Waals surface area contributed by atoms with Gasteiger partial charge in [0.1, 0.15) is 0 Å². The van der Waals surface area contributed by atoms with Crippen LogP contribution in [0, 0.1) is 0 Å². The van der Waals surface area contributed by atoms with E-state index in [4.69, 9.17) is 5.73 Å². The minimum atomic E-state index is -3.47. The third-order valence-corrected chi connectivity index (χ3v) is 4.62. The number of hydrogen-bond acceptors (Lipinski definition) is 4. The Hall–Kier alpha value is -1.21. The molecule has 96 valence electrons. The predicted octanol–water partition coefficient (Wildman–Crippen LogP) is 1.69. The van der Waals surface area contributed by atoms with Gasteiger partial charge in [0.15, 0.2) is 0 Å². The number of thiophene rings is 1. The molecule has 0 saturated carbocycles. The Bertz CT molecular complexity index is 607. The van der Waals surface area contributed by atoms with Gasteiger partial charge in [-0.2, -0.15) is 11.3 Å². The largest absolute Gasteiger partial charge is 0.326 e. The van der Waals surface area contributed by atoms with Crippen molar-refractivity contribution >= 4 is 21.4 Å². The van der Waals surface area contributed by atoms with E-state index in [0.717, 1.165) is 11.1 Å². The van der Waals surface area contributed by atoms with Crippen molar-refractivity contribution in [3.63, 3.8) is 0 Å². The molecule has 0 spiro atoms. The maximum absolute atomic E-state index is 12.0. The third kappa shape index (κ3) is 3.17. The summed E-state index contributed by atoms with van der Waals surface area (Å²) < 4.78 is 26.7. The van der Waals surface area contributed by atoms with E-state index in [0.29, 0.717) is 13.1 Å². The molecule has 3 N–H and O–H groups in total. The molecule has 1 heterocycles. The minimum absolute atomic E-state index is 0.251. The number of sulfonamides is 1. The maximum Gasteiger partial charge on any atom is 0.240 e. The Morgan fingerprint density at radius 3 is 2.72 bits per heavy atom. The Kier molecular flexibility index (Phi) is 4.13. The van der Waals surface area contributed by atoms with E-state index >= 15 is 0 Å². The lowest BCUT2D eigenvalue weighted by molar-refractivity contribution is 0.581. The highest BCUT2D eigenvalue weighted by atomic mass is 32.2. The quantitative estimate of drug-likeness (QED) is 0.876. The van der Waals surface area contributed by atoms with Gasteiger partial charge in [-0.05, 0) is 40.1 Å². The van der Waals surface area contributed by atoms with Crippen molar-refractivity contribution in [3.8, 4) is 0 Å². The lowest BCUT2D eigenvalue weighted by atomic mass is 10.2. The zero-order chi connectivity index (χ0) is 13.0. The maximum atomic E-state index is 12.0. The summed E-state index contributed by atoms with van der Waals surface area (Å²) in [5.74, 6) is 0. The van der Waals surface area contributed by atoms with Crippen molar-refractivity contribution in [2.24, 2.45) is 5.73 Å². The van der Waals surface area contributed by atoms with Crippen LogP contribution in [0.15, 0.2) is 46.0 Å². The van der Waals surface area contributed by atoms with Crippen LogP contribution in [-0.2, 0) is 23.1 Å². The van der Waals surface area contributed by atoms with Crippen molar-refractivity contribution in [1.29, 1.82) is 0 Å². The summed E-state index contributed by atoms with van der Waals surface area (Å²) in [4.78, 5) is 0.251. The fraction of sp³-hybridized carbons (Fsp3) is 0.167. The number of rotatable bonds is 5. The molecule has 0 atom stereocenters. The molecule has 18 heavy (non-hydrogen) atoms. The van der Waals surface area contributed by atoms with E-state index in [9.17, 15) is 8.42 Å². The number of nitrogens with two attached hydrogens (primary N) is 1. The normalized spacial score (nSPS) is 11.6. The summed E-state index contributed by atoms with van der Waals surface area (Å²) in [5, 5.41) is 3.83. The van der Waals surface area contributed by atoms with Gasteiger partial charge in [0, 0.05) is 13.1 Å². The second-order valence-electron chi connectivity index (χ2n) is 3.81. The van der Waals surface area contributed by atoms with Crippen LogP contribution in [0.4, 0.5) is 0 Å². The van der Waals surface area contributed by atoms with Gasteiger partial charge in [-0.3, -0.25) is 0 Å². The smallest absolute Gasteiger partial charge is 0.240 e. The van der Waals surface area contributed by atoms with Crippen LogP contribution in [0.5, 0.6) is 0 Å². The number of hydrogen-bond donors (Lipinski definition) is 2. The molecular formula is C12H14N2O2S2. The lowest BCUT2D eigenvalue weighted by Crippen LogP contribution is -2.23. The highest BCUT2D eigenvalue weighted by Crippen LogP contribution is 2.12. The minimum Gasteiger partial charge on any atom is -0.326 e. The van der Waals surface area contributed by atoms with E-state index in [1.165, 1.54) is 0 Å². The second kappa shape index (κ2) is 5.62. The first kappa shape index (κ1) is 13.2. The first-order chi connectivity index (χ1) is 8.62. The van der Waals surface area contributed by atoms with Gasteiger partial charge in [0.2, 0.25) is 10.0 Å². The molecule has 0 bridgehead atoms. The van der Waals surface area contributed by atoms with Crippen LogP contribution >= 0.6 is 11.3 Å². The molecule has 0 fully saturated rings. The highest BCUT2D eigenvalue weighted by molar-refractivity contribution is 7.89. The van der Waals surface area contributed by atoms with Crippen LogP contribution in [-0.4, -0.2) is 8.42 Å². The molecule has 0 saturated heterocycles. The predicted molar refractivity (Wildman–Crippen MR) is 72.7 cm³/mol. The molecular weight excluding hydrogens is 268 g/mol. The molecule has 1 aromatic heterocycles. The summed E-state index contributed by atoms with van der Waals surface area (Å²) in [6.07, 6.45) is 0. The SMILES string of the molecule is NCc1cccc(S(=O)(=O)NCc2ccsc2)c1. The summed E-state index contributed by atoms with van der Waals surface area (Å²) in [5.41, 5.74) is 7.26. The molecule has 0 aliphatic rings. The first-order valence-corrected chi connectivity index (χ1v) is 7.84. The number of benzene rings is 1. The summed E-state index contributed by atoms with van der Waals surface area (Å²) in [7, 11) is -3.47. The van der Waals surface area contributed by atoms with Crippen LogP contribution in [0.25, 0.3) is 0 Å². The molecule has 6 heteroatoms. The van der Waals surface area contributed by atoms with E-state index < -0.39 is 10.0 Å². The van der Waals surface area contributed by atoms with Crippen molar-refractivity contribution in [1.82, 2.24) is 4.72 Å². The van der Waals surface area contributed by atoms with Crippen molar-refractivity contribution in [2.75, 3.05) is 0 Å². The van der Waals surface area contributed by atoms with E-state index in [2.05, 4.69) is 4.72 Å². The summed E-state index contributed by atoms with van der Waals surface area (Å²) in [6.45, 7) is 0.632. The molecule has 2 aromatic rings. The first-order valence-electron chi connectivity index (χ1n) is 5.41. The third-order valence-electron chi connectivity index (χ3n) is 2.49. The van der Waals surface area contributed by atoms with Crippen LogP contribution in [0.2, 0.25) is 0 Å². The molecule has 0 unspecified atom stereocenters. The monoisotopic (exact) mass is 282 g/mol. The summed E-state index contributed by atoms with van der Waals surface area (Å²) >= 11 is 1.54. The Morgan fingerprint density at radius 2 is 2.06 bits per heavy atom. The van der Waals surface area contributed by atoms with Gasteiger partial charge in [0.25, 0.3) is 0 Å². The van der Waals surface area contributed by atoms with Gasteiger partial charge in [0.05, 0.1) is 4.90 Å². The van der Waals surface area contributed by atoms with Crippen LogP contribution in [0.3, 0.4) is 0 Å². The molecule has 0 radical (unpaired) electrons. The van der Waals surface area contributed by atoms with E-state index in [-0.39, 0.29) is 4.90 Å².